The normalized spacial score (nSPS) is 14.5. The molecule has 0 saturated carbocycles. The van der Waals surface area contributed by atoms with Crippen molar-refractivity contribution < 1.29 is 9.47 Å². The second-order valence-electron chi connectivity index (χ2n) is 8.99. The zero-order valence-corrected chi connectivity index (χ0v) is 22.6. The molecule has 37 heavy (non-hydrogen) atoms. The molecule has 198 valence electrons. The molecule has 0 radical (unpaired) electrons. The lowest BCUT2D eigenvalue weighted by atomic mass is 10.1. The highest BCUT2D eigenvalue weighted by atomic mass is 32.1. The van der Waals surface area contributed by atoms with Crippen LogP contribution < -0.4 is 20.7 Å². The quantitative estimate of drug-likeness (QED) is 0.145. The van der Waals surface area contributed by atoms with E-state index in [1.807, 2.05) is 44.3 Å². The van der Waals surface area contributed by atoms with E-state index in [1.165, 1.54) is 5.56 Å². The van der Waals surface area contributed by atoms with E-state index in [2.05, 4.69) is 35.8 Å². The molecule has 2 aromatic heterocycles. The van der Waals surface area contributed by atoms with Crippen LogP contribution in [0.2, 0.25) is 0 Å². The molecule has 3 heterocycles. The Balaban J connectivity index is 1.37. The maximum Gasteiger partial charge on any atom is 0.229 e. The standard InChI is InChI=1S/C26H36N8O2S/c1-18-15-19(2)31-25(30-18)32-24(33-26(37)28-8-4-10-34-11-13-36-14-12-34)27-9-7-20-17-29-23-6-5-21(35-3)16-22(20)23/h5-6,15-17,29H,4,7-14H2,1-3H3,(H3,27,28,30,31,32,33,37). The number of guanidine groups is 1. The van der Waals surface area contributed by atoms with Gasteiger partial charge < -0.3 is 25.1 Å². The number of nitrogens with zero attached hydrogens (tertiary/aromatic N) is 4. The minimum atomic E-state index is 0.482. The summed E-state index contributed by atoms with van der Waals surface area (Å²) in [5.41, 5.74) is 4.00. The van der Waals surface area contributed by atoms with Crippen molar-refractivity contribution in [3.63, 3.8) is 0 Å². The van der Waals surface area contributed by atoms with Gasteiger partial charge in [-0.3, -0.25) is 15.2 Å². The number of aromatic amines is 1. The van der Waals surface area contributed by atoms with E-state index in [0.29, 0.717) is 23.6 Å². The number of hydrogen-bond acceptors (Lipinski definition) is 7. The van der Waals surface area contributed by atoms with Gasteiger partial charge in [-0.15, -0.1) is 0 Å². The summed E-state index contributed by atoms with van der Waals surface area (Å²) in [5, 5.41) is 11.3. The van der Waals surface area contributed by atoms with Crippen LogP contribution in [0.5, 0.6) is 5.75 Å². The number of ether oxygens (including phenoxy) is 2. The predicted octanol–water partition coefficient (Wildman–Crippen LogP) is 2.78. The zero-order chi connectivity index (χ0) is 26.0. The molecule has 0 amide bonds. The Bertz CT molecular complexity index is 1200. The molecule has 1 aliphatic rings. The molecular weight excluding hydrogens is 488 g/mol. The second kappa shape index (κ2) is 13.3. The molecule has 1 saturated heterocycles. The second-order valence-corrected chi connectivity index (χ2v) is 9.40. The van der Waals surface area contributed by atoms with Crippen molar-refractivity contribution in [2.24, 2.45) is 4.99 Å². The van der Waals surface area contributed by atoms with Crippen LogP contribution in [0, 0.1) is 13.8 Å². The smallest absolute Gasteiger partial charge is 0.229 e. The first-order chi connectivity index (χ1) is 18.0. The lowest BCUT2D eigenvalue weighted by Gasteiger charge is -2.26. The molecule has 1 fully saturated rings. The van der Waals surface area contributed by atoms with Gasteiger partial charge in [-0.2, -0.15) is 0 Å². The minimum Gasteiger partial charge on any atom is -0.497 e. The van der Waals surface area contributed by atoms with Gasteiger partial charge in [-0.05, 0) is 75.3 Å². The number of aliphatic imine (C=N–C) groups is 1. The summed E-state index contributed by atoms with van der Waals surface area (Å²) in [5.74, 6) is 1.82. The Morgan fingerprint density at radius 2 is 1.97 bits per heavy atom. The van der Waals surface area contributed by atoms with Gasteiger partial charge >= 0.3 is 0 Å². The monoisotopic (exact) mass is 524 g/mol. The van der Waals surface area contributed by atoms with Crippen molar-refractivity contribution in [3.8, 4) is 5.75 Å². The van der Waals surface area contributed by atoms with E-state index < -0.39 is 0 Å². The summed E-state index contributed by atoms with van der Waals surface area (Å²) in [4.78, 5) is 19.5. The van der Waals surface area contributed by atoms with E-state index in [-0.39, 0.29) is 0 Å². The van der Waals surface area contributed by atoms with Gasteiger partial charge in [0.25, 0.3) is 0 Å². The number of methoxy groups -OCH3 is 1. The zero-order valence-electron chi connectivity index (χ0n) is 21.8. The van der Waals surface area contributed by atoms with Crippen LogP contribution in [-0.4, -0.2) is 84.0 Å². The van der Waals surface area contributed by atoms with Crippen molar-refractivity contribution in [1.82, 2.24) is 30.5 Å². The van der Waals surface area contributed by atoms with Crippen molar-refractivity contribution >= 4 is 40.1 Å². The van der Waals surface area contributed by atoms with Gasteiger partial charge in [0.05, 0.1) is 20.3 Å². The fourth-order valence-corrected chi connectivity index (χ4v) is 4.46. The van der Waals surface area contributed by atoms with Crippen molar-refractivity contribution in [2.45, 2.75) is 26.7 Å². The van der Waals surface area contributed by atoms with Crippen LogP contribution in [0.3, 0.4) is 0 Å². The summed E-state index contributed by atoms with van der Waals surface area (Å²) in [6.45, 7) is 9.82. The number of H-pyrrole nitrogens is 1. The van der Waals surface area contributed by atoms with Crippen LogP contribution in [0.15, 0.2) is 35.5 Å². The first-order valence-electron chi connectivity index (χ1n) is 12.6. The molecule has 0 aliphatic carbocycles. The SMILES string of the molecule is COc1ccc2[nH]cc(CCN=C(NC(=S)NCCCN3CCOCC3)Nc3nc(C)cc(C)n3)c2c1. The molecule has 4 N–H and O–H groups in total. The Labute approximate surface area is 223 Å². The number of hydrogen-bond donors (Lipinski definition) is 4. The van der Waals surface area contributed by atoms with Crippen LogP contribution in [0.25, 0.3) is 10.9 Å². The lowest BCUT2D eigenvalue weighted by Crippen LogP contribution is -2.44. The minimum absolute atomic E-state index is 0.482. The number of benzene rings is 1. The van der Waals surface area contributed by atoms with Gasteiger partial charge in [0.1, 0.15) is 5.75 Å². The number of aromatic nitrogens is 3. The average molecular weight is 525 g/mol. The predicted molar refractivity (Wildman–Crippen MR) is 152 cm³/mol. The highest BCUT2D eigenvalue weighted by Crippen LogP contribution is 2.24. The third-order valence-electron chi connectivity index (χ3n) is 6.11. The van der Waals surface area contributed by atoms with Crippen molar-refractivity contribution in [2.75, 3.05) is 58.4 Å². The van der Waals surface area contributed by atoms with Crippen LogP contribution in [0.4, 0.5) is 5.95 Å². The maximum absolute atomic E-state index is 5.55. The molecule has 0 bridgehead atoms. The summed E-state index contributed by atoms with van der Waals surface area (Å²) >= 11 is 5.55. The molecule has 4 rings (SSSR count). The number of nitrogens with one attached hydrogen (secondary N) is 4. The van der Waals surface area contributed by atoms with Gasteiger partial charge in [0.15, 0.2) is 5.11 Å². The number of thiocarbonyl (C=S) groups is 1. The number of fused-ring (bicyclic) bond motifs is 1. The van der Waals surface area contributed by atoms with E-state index in [4.69, 9.17) is 26.7 Å². The van der Waals surface area contributed by atoms with Crippen LogP contribution in [0.1, 0.15) is 23.4 Å². The third kappa shape index (κ3) is 8.11. The third-order valence-corrected chi connectivity index (χ3v) is 6.36. The Morgan fingerprint density at radius 1 is 1.19 bits per heavy atom. The van der Waals surface area contributed by atoms with Gasteiger partial charge in [-0.25, -0.2) is 9.97 Å². The molecule has 11 heteroatoms. The van der Waals surface area contributed by atoms with Gasteiger partial charge in [0, 0.05) is 54.7 Å². The topological polar surface area (TPSA) is 112 Å². The summed E-state index contributed by atoms with van der Waals surface area (Å²) in [6.07, 6.45) is 3.76. The molecule has 1 aliphatic heterocycles. The Kier molecular flexibility index (Phi) is 9.64. The van der Waals surface area contributed by atoms with Crippen LogP contribution >= 0.6 is 12.2 Å². The van der Waals surface area contributed by atoms with Crippen molar-refractivity contribution in [1.29, 1.82) is 0 Å². The fourth-order valence-electron chi connectivity index (χ4n) is 4.26. The number of morpholine rings is 1. The Morgan fingerprint density at radius 3 is 2.73 bits per heavy atom. The highest BCUT2D eigenvalue weighted by Gasteiger charge is 2.11. The molecule has 0 atom stereocenters. The van der Waals surface area contributed by atoms with E-state index in [9.17, 15) is 0 Å². The molecule has 1 aromatic carbocycles. The summed E-state index contributed by atoms with van der Waals surface area (Å²) in [7, 11) is 1.68. The van der Waals surface area contributed by atoms with E-state index in [0.717, 1.165) is 80.3 Å². The fraction of sp³-hybridized carbons (Fsp3) is 0.462. The summed E-state index contributed by atoms with van der Waals surface area (Å²) < 4.78 is 10.8. The molecule has 10 nitrogen and oxygen atoms in total. The molecular formula is C26H36N8O2S. The average Bonchev–Trinajstić information content (AvgIpc) is 3.28. The maximum atomic E-state index is 5.55. The number of aryl methyl sites for hydroxylation is 2. The van der Waals surface area contributed by atoms with Crippen LogP contribution in [-0.2, 0) is 11.2 Å². The highest BCUT2D eigenvalue weighted by molar-refractivity contribution is 7.80. The van der Waals surface area contributed by atoms with Gasteiger partial charge in [0.2, 0.25) is 11.9 Å². The first kappa shape index (κ1) is 26.8. The van der Waals surface area contributed by atoms with Gasteiger partial charge in [-0.1, -0.05) is 0 Å². The Hall–Kier alpha value is -3.28. The van der Waals surface area contributed by atoms with E-state index >= 15 is 0 Å². The lowest BCUT2D eigenvalue weighted by molar-refractivity contribution is 0.0376. The molecule has 3 aromatic rings. The molecule has 0 spiro atoms. The largest absolute Gasteiger partial charge is 0.497 e. The summed E-state index contributed by atoms with van der Waals surface area (Å²) in [6, 6.07) is 7.95. The van der Waals surface area contributed by atoms with E-state index in [1.54, 1.807) is 7.11 Å². The first-order valence-corrected chi connectivity index (χ1v) is 13.0. The molecule has 0 unspecified atom stereocenters. The van der Waals surface area contributed by atoms with Crippen molar-refractivity contribution in [3.05, 3.63) is 47.4 Å². The number of anilines is 1. The number of rotatable bonds is 9.